The van der Waals surface area contributed by atoms with Crippen molar-refractivity contribution in [1.29, 1.82) is 0 Å². The van der Waals surface area contributed by atoms with Gasteiger partial charge in [-0.05, 0) is 50.8 Å². The first-order valence-electron chi connectivity index (χ1n) is 10.0. The zero-order valence-electron chi connectivity index (χ0n) is 16.4. The lowest BCUT2D eigenvalue weighted by Gasteiger charge is -2.17. The summed E-state index contributed by atoms with van der Waals surface area (Å²) < 4.78 is 35.3. The molecule has 154 valence electrons. The molecule has 0 saturated heterocycles. The number of amidine groups is 1. The van der Waals surface area contributed by atoms with Gasteiger partial charge in [0.15, 0.2) is 0 Å². The largest absolute Gasteiger partial charge is 0.394 e. The number of nitrogens with zero attached hydrogens (tertiary/aromatic N) is 4. The number of thiophene rings is 2. The van der Waals surface area contributed by atoms with Gasteiger partial charge in [-0.25, -0.2) is 0 Å². The van der Waals surface area contributed by atoms with E-state index in [1.165, 1.54) is 22.7 Å². The Bertz CT molecular complexity index is 1590. The molecule has 0 unspecified atom stereocenters. The summed E-state index contributed by atoms with van der Waals surface area (Å²) in [5.74, 6) is 0.532. The lowest BCUT2D eigenvalue weighted by Crippen LogP contribution is -2.56. The number of hydrogen-bond acceptors (Lipinski definition) is 3. The van der Waals surface area contributed by atoms with Crippen molar-refractivity contribution >= 4 is 50.8 Å². The Morgan fingerprint density at radius 3 is 2.12 bits per heavy atom. The highest BCUT2D eigenvalue weighted by Gasteiger charge is 2.61. The van der Waals surface area contributed by atoms with Crippen LogP contribution < -0.4 is 5.15 Å². The molecule has 4 nitrogen and oxygen atoms in total. The average Bonchev–Trinajstić information content (AvgIpc) is 3.59. The minimum absolute atomic E-state index is 0.266. The van der Waals surface area contributed by atoms with Gasteiger partial charge < -0.3 is 0 Å². The van der Waals surface area contributed by atoms with Crippen LogP contribution in [0.5, 0.6) is 0 Å². The van der Waals surface area contributed by atoms with E-state index in [1.807, 2.05) is 83.6 Å². The molecule has 0 bridgehead atoms. The first-order valence-corrected chi connectivity index (χ1v) is 11.8. The molecule has 32 heavy (non-hydrogen) atoms. The zero-order chi connectivity index (χ0) is 21.4. The van der Waals surface area contributed by atoms with Crippen molar-refractivity contribution in [2.45, 2.75) is 0 Å². The standard InChI is InChI=1S/C24H14F2N4S2/c25-30(26)28-21(19-11-5-13-31-19)15-7-1-3-9-17(15)23(28)27-24-18-10-4-2-8-16(18)22(29(24)30)20-12-6-14-32-20/h1-14H/q+2. The first-order chi connectivity index (χ1) is 15.7. The van der Waals surface area contributed by atoms with E-state index in [9.17, 15) is 0 Å². The third kappa shape index (κ3) is 2.21. The third-order valence-electron chi connectivity index (χ3n) is 5.87. The molecular weight excluding hydrogens is 446 g/mol. The van der Waals surface area contributed by atoms with E-state index in [1.54, 1.807) is 0 Å². The maximum atomic E-state index is 16.6. The molecule has 3 aromatic heterocycles. The van der Waals surface area contributed by atoms with Crippen LogP contribution in [0.1, 0.15) is 16.0 Å². The summed E-state index contributed by atoms with van der Waals surface area (Å²) in [5.41, 5.74) is 2.42. The van der Waals surface area contributed by atoms with Gasteiger partial charge in [0.1, 0.15) is 14.7 Å². The summed E-state index contributed by atoms with van der Waals surface area (Å²) in [4.78, 5) is 6.41. The summed E-state index contributed by atoms with van der Waals surface area (Å²) in [7, 11) is 0. The number of benzene rings is 2. The quantitative estimate of drug-likeness (QED) is 0.211. The Morgan fingerprint density at radius 2 is 1.41 bits per heavy atom. The van der Waals surface area contributed by atoms with Crippen LogP contribution in [0.4, 0.5) is 14.8 Å². The Morgan fingerprint density at radius 1 is 0.750 bits per heavy atom. The SMILES string of the molecule is F[N+]1(F)n2c(c3ccccc3c2-c2cccs2)N=C2c3ccccc3C(c3cccs3)=[N+]21. The van der Waals surface area contributed by atoms with Crippen molar-refractivity contribution in [2.75, 3.05) is 0 Å². The number of quaternary nitrogens is 1. The average molecular weight is 461 g/mol. The van der Waals surface area contributed by atoms with E-state index >= 15 is 8.96 Å². The minimum atomic E-state index is -2.49. The number of halogens is 2. The van der Waals surface area contributed by atoms with Gasteiger partial charge in [0.25, 0.3) is 0 Å². The normalized spacial score (nSPS) is 16.1. The molecule has 0 atom stereocenters. The van der Waals surface area contributed by atoms with Crippen LogP contribution in [-0.4, -0.2) is 20.9 Å². The summed E-state index contributed by atoms with van der Waals surface area (Å²) in [5, 5.41) is 2.79. The second kappa shape index (κ2) is 6.29. The lowest BCUT2D eigenvalue weighted by atomic mass is 10.0. The molecule has 5 aromatic rings. The van der Waals surface area contributed by atoms with Gasteiger partial charge in [0.2, 0.25) is 5.71 Å². The van der Waals surface area contributed by atoms with Crippen LogP contribution in [0.15, 0.2) is 88.5 Å². The molecule has 2 aliphatic heterocycles. The zero-order valence-corrected chi connectivity index (χ0v) is 18.1. The van der Waals surface area contributed by atoms with E-state index in [2.05, 4.69) is 0 Å². The first kappa shape index (κ1) is 18.1. The van der Waals surface area contributed by atoms with Crippen molar-refractivity contribution in [3.05, 3.63) is 99.6 Å². The predicted molar refractivity (Wildman–Crippen MR) is 125 cm³/mol. The Balaban J connectivity index is 1.66. The minimum Gasteiger partial charge on any atom is -0.142 e. The number of hydrogen-bond donors (Lipinski definition) is 0. The van der Waals surface area contributed by atoms with Gasteiger partial charge in [-0.2, -0.15) is 0 Å². The van der Waals surface area contributed by atoms with Crippen molar-refractivity contribution in [1.82, 2.24) is 9.82 Å². The highest BCUT2D eigenvalue weighted by atomic mass is 32.1. The number of fused-ring (bicyclic) bond motifs is 6. The smallest absolute Gasteiger partial charge is 0.142 e. The molecule has 8 heteroatoms. The number of rotatable bonds is 2. The third-order valence-corrected chi connectivity index (χ3v) is 7.63. The molecule has 0 saturated carbocycles. The maximum absolute atomic E-state index is 16.6. The molecule has 7 rings (SSSR count). The van der Waals surface area contributed by atoms with Gasteiger partial charge in [-0.1, -0.05) is 42.5 Å². The Labute approximate surface area is 189 Å². The summed E-state index contributed by atoms with van der Waals surface area (Å²) in [6.45, 7) is 0. The molecule has 0 spiro atoms. The van der Waals surface area contributed by atoms with Crippen LogP contribution in [0, 0.1) is 0 Å². The van der Waals surface area contributed by atoms with Crippen LogP contribution in [0.25, 0.3) is 21.3 Å². The topological polar surface area (TPSA) is 20.3 Å². The molecule has 2 aliphatic rings. The molecule has 0 radical (unpaired) electrons. The van der Waals surface area contributed by atoms with Crippen LogP contribution in [0.3, 0.4) is 0 Å². The highest BCUT2D eigenvalue weighted by molar-refractivity contribution is 7.13. The van der Waals surface area contributed by atoms with Crippen LogP contribution in [0.2, 0.25) is 0 Å². The molecule has 5 heterocycles. The molecular formula is C24H14F2N4S2+2. The van der Waals surface area contributed by atoms with E-state index in [0.717, 1.165) is 30.1 Å². The Kier molecular flexibility index (Phi) is 3.57. The molecule has 0 amide bonds. The monoisotopic (exact) mass is 460 g/mol. The fraction of sp³-hybridized carbons (Fsp3) is 0. The van der Waals surface area contributed by atoms with Gasteiger partial charge in [0, 0.05) is 10.9 Å². The van der Waals surface area contributed by atoms with E-state index in [0.29, 0.717) is 22.4 Å². The van der Waals surface area contributed by atoms with Crippen molar-refractivity contribution in [2.24, 2.45) is 4.99 Å². The van der Waals surface area contributed by atoms with Crippen LogP contribution >= 0.6 is 22.7 Å². The van der Waals surface area contributed by atoms with E-state index in [-0.39, 0.29) is 11.7 Å². The molecule has 2 aromatic carbocycles. The summed E-state index contributed by atoms with van der Waals surface area (Å²) in [6, 6.07) is 22.5. The second-order valence-electron chi connectivity index (χ2n) is 7.58. The summed E-state index contributed by atoms with van der Waals surface area (Å²) >= 11 is 2.89. The predicted octanol–water partition coefficient (Wildman–Crippen LogP) is 6.51. The van der Waals surface area contributed by atoms with Gasteiger partial charge in [-0.15, -0.1) is 22.7 Å². The number of aliphatic imine (C=N–C) groups is 1. The maximum Gasteiger partial charge on any atom is 0.394 e. The van der Waals surface area contributed by atoms with Crippen LogP contribution in [-0.2, 0) is 0 Å². The van der Waals surface area contributed by atoms with E-state index in [4.69, 9.17) is 4.99 Å². The van der Waals surface area contributed by atoms with Gasteiger partial charge in [-0.3, -0.25) is 0 Å². The van der Waals surface area contributed by atoms with Gasteiger partial charge in [0.05, 0.1) is 25.4 Å². The second-order valence-corrected chi connectivity index (χ2v) is 9.48. The van der Waals surface area contributed by atoms with Crippen molar-refractivity contribution in [3.63, 3.8) is 0 Å². The molecule has 0 fully saturated rings. The molecule has 0 aliphatic carbocycles. The summed E-state index contributed by atoms with van der Waals surface area (Å²) in [6.07, 6.45) is 0. The van der Waals surface area contributed by atoms with Crippen molar-refractivity contribution < 1.29 is 13.6 Å². The van der Waals surface area contributed by atoms with Gasteiger partial charge >= 0.3 is 16.8 Å². The highest BCUT2D eigenvalue weighted by Crippen LogP contribution is 2.46. The number of aromatic nitrogens is 1. The van der Waals surface area contributed by atoms with Crippen molar-refractivity contribution in [3.8, 4) is 10.6 Å². The van der Waals surface area contributed by atoms with E-state index < -0.39 is 5.15 Å². The Hall–Kier alpha value is -3.46. The fourth-order valence-corrected chi connectivity index (χ4v) is 6.15. The fourth-order valence-electron chi connectivity index (χ4n) is 4.61. The lowest BCUT2D eigenvalue weighted by molar-refractivity contribution is -0.735. The molecule has 0 N–H and O–H groups in total.